The Balaban J connectivity index is 2.67. The molecule has 0 bridgehead atoms. The number of ketones is 1. The zero-order valence-electron chi connectivity index (χ0n) is 8.70. The molecule has 1 aromatic carbocycles. The smallest absolute Gasteiger partial charge is 0.182 e. The van der Waals surface area contributed by atoms with Crippen LogP contribution in [0.3, 0.4) is 0 Å². The van der Waals surface area contributed by atoms with Crippen LogP contribution in [0.4, 0.5) is 0 Å². The van der Waals surface area contributed by atoms with E-state index in [2.05, 4.69) is 0 Å². The minimum Gasteiger partial charge on any atom is -0.350 e. The van der Waals surface area contributed by atoms with Crippen molar-refractivity contribution >= 4 is 28.3 Å². The third-order valence-corrected chi connectivity index (χ3v) is 2.72. The van der Waals surface area contributed by atoms with E-state index in [0.29, 0.717) is 5.56 Å². The Hall–Kier alpha value is -1.28. The van der Waals surface area contributed by atoms with E-state index in [0.717, 1.165) is 10.9 Å². The van der Waals surface area contributed by atoms with Gasteiger partial charge in [0.05, 0.1) is 5.38 Å². The third-order valence-electron chi connectivity index (χ3n) is 2.52. The quantitative estimate of drug-likeness (QED) is 0.565. The molecule has 0 saturated heterocycles. The predicted octanol–water partition coefficient (Wildman–Crippen LogP) is 2.99. The molecule has 2 nitrogen and oxygen atoms in total. The maximum absolute atomic E-state index is 11.8. The van der Waals surface area contributed by atoms with E-state index in [1.807, 2.05) is 42.1 Å². The molecular weight excluding hydrogens is 210 g/mol. The number of nitrogens with zero attached hydrogens (tertiary/aromatic N) is 1. The first-order valence-electron chi connectivity index (χ1n) is 4.83. The fourth-order valence-electron chi connectivity index (χ4n) is 1.75. The van der Waals surface area contributed by atoms with E-state index >= 15 is 0 Å². The molecule has 0 amide bonds. The van der Waals surface area contributed by atoms with Crippen molar-refractivity contribution in [3.8, 4) is 0 Å². The first kappa shape index (κ1) is 10.2. The summed E-state index contributed by atoms with van der Waals surface area (Å²) in [7, 11) is 1.93. The van der Waals surface area contributed by atoms with Crippen LogP contribution in [0, 0.1) is 0 Å². The average molecular weight is 222 g/mol. The van der Waals surface area contributed by atoms with E-state index in [1.165, 1.54) is 0 Å². The van der Waals surface area contributed by atoms with Crippen LogP contribution in [-0.2, 0) is 7.05 Å². The molecule has 0 aliphatic carbocycles. The highest BCUT2D eigenvalue weighted by Gasteiger charge is 2.17. The summed E-state index contributed by atoms with van der Waals surface area (Å²) in [5.41, 5.74) is 1.76. The first-order valence-corrected chi connectivity index (χ1v) is 5.27. The molecule has 78 valence electrons. The molecule has 0 aliphatic heterocycles. The summed E-state index contributed by atoms with van der Waals surface area (Å²) in [5, 5.41) is 0.494. The maximum atomic E-state index is 11.8. The third kappa shape index (κ3) is 1.65. The molecule has 1 unspecified atom stereocenters. The fraction of sp³-hybridized carbons (Fsp3) is 0.250. The number of carbonyl (C=O) groups is 1. The normalized spacial score (nSPS) is 13.0. The maximum Gasteiger partial charge on any atom is 0.182 e. The van der Waals surface area contributed by atoms with Crippen LogP contribution >= 0.6 is 11.6 Å². The molecule has 1 heterocycles. The molecule has 2 rings (SSSR count). The molecule has 0 N–H and O–H groups in total. The van der Waals surface area contributed by atoms with Crippen LogP contribution in [0.25, 0.3) is 10.9 Å². The molecule has 1 atom stereocenters. The highest BCUT2D eigenvalue weighted by Crippen LogP contribution is 2.22. The molecule has 2 aromatic rings. The molecule has 3 heteroatoms. The van der Waals surface area contributed by atoms with E-state index in [9.17, 15) is 4.79 Å². The largest absolute Gasteiger partial charge is 0.350 e. The zero-order chi connectivity index (χ0) is 11.0. The molecule has 0 saturated carbocycles. The lowest BCUT2D eigenvalue weighted by atomic mass is 10.1. The van der Waals surface area contributed by atoms with E-state index in [1.54, 1.807) is 6.92 Å². The monoisotopic (exact) mass is 221 g/mol. The summed E-state index contributed by atoms with van der Waals surface area (Å²) in [4.78, 5) is 11.8. The zero-order valence-corrected chi connectivity index (χ0v) is 9.45. The highest BCUT2D eigenvalue weighted by atomic mass is 35.5. The summed E-state index contributed by atoms with van der Waals surface area (Å²) in [5.74, 6) is -0.0199. The van der Waals surface area contributed by atoms with Crippen LogP contribution < -0.4 is 0 Å². The van der Waals surface area contributed by atoms with Gasteiger partial charge in [0.2, 0.25) is 0 Å². The van der Waals surface area contributed by atoms with Gasteiger partial charge in [0.1, 0.15) is 0 Å². The van der Waals surface area contributed by atoms with Crippen LogP contribution in [0.1, 0.15) is 17.3 Å². The Labute approximate surface area is 93.5 Å². The lowest BCUT2D eigenvalue weighted by Gasteiger charge is -1.99. The number of fused-ring (bicyclic) bond motifs is 1. The van der Waals surface area contributed by atoms with Crippen molar-refractivity contribution < 1.29 is 4.79 Å². The number of carbonyl (C=O) groups excluding carboxylic acids is 1. The summed E-state index contributed by atoms with van der Waals surface area (Å²) in [6.45, 7) is 1.70. The second-order valence-corrected chi connectivity index (χ2v) is 4.31. The Morgan fingerprint density at radius 3 is 2.73 bits per heavy atom. The number of halogens is 1. The van der Waals surface area contributed by atoms with Crippen molar-refractivity contribution in [1.82, 2.24) is 4.57 Å². The lowest BCUT2D eigenvalue weighted by molar-refractivity contribution is 0.0993. The van der Waals surface area contributed by atoms with Crippen molar-refractivity contribution in [2.45, 2.75) is 12.3 Å². The Kier molecular flexibility index (Phi) is 2.53. The minimum atomic E-state index is -0.476. The molecule has 0 fully saturated rings. The van der Waals surface area contributed by atoms with E-state index in [-0.39, 0.29) is 5.78 Å². The van der Waals surface area contributed by atoms with Crippen LogP contribution in [0.15, 0.2) is 30.5 Å². The van der Waals surface area contributed by atoms with Gasteiger partial charge in [0.15, 0.2) is 5.78 Å². The van der Waals surface area contributed by atoms with Crippen LogP contribution in [0.2, 0.25) is 0 Å². The van der Waals surface area contributed by atoms with Crippen molar-refractivity contribution in [2.24, 2.45) is 7.05 Å². The highest BCUT2D eigenvalue weighted by molar-refractivity contribution is 6.35. The number of benzene rings is 1. The predicted molar refractivity (Wildman–Crippen MR) is 62.6 cm³/mol. The number of hydrogen-bond acceptors (Lipinski definition) is 1. The van der Waals surface area contributed by atoms with Gasteiger partial charge in [0.25, 0.3) is 0 Å². The first-order chi connectivity index (χ1) is 7.11. The minimum absolute atomic E-state index is 0.0199. The van der Waals surface area contributed by atoms with Gasteiger partial charge in [-0.05, 0) is 13.0 Å². The number of hydrogen-bond donors (Lipinski definition) is 0. The van der Waals surface area contributed by atoms with Gasteiger partial charge >= 0.3 is 0 Å². The van der Waals surface area contributed by atoms with Gasteiger partial charge in [0, 0.05) is 29.7 Å². The molecule has 1 aromatic heterocycles. The fourth-order valence-corrected chi connectivity index (χ4v) is 1.87. The summed E-state index contributed by atoms with van der Waals surface area (Å²) in [6.07, 6.45) is 1.84. The molecule has 0 radical (unpaired) electrons. The molecule has 0 spiro atoms. The van der Waals surface area contributed by atoms with E-state index < -0.39 is 5.38 Å². The van der Waals surface area contributed by atoms with Gasteiger partial charge in [-0.15, -0.1) is 11.6 Å². The van der Waals surface area contributed by atoms with Crippen molar-refractivity contribution in [3.63, 3.8) is 0 Å². The number of aryl methyl sites for hydroxylation is 1. The van der Waals surface area contributed by atoms with Crippen molar-refractivity contribution in [2.75, 3.05) is 0 Å². The SMILES string of the molecule is CC(Cl)C(=O)c1cn(C)c2ccccc12. The number of para-hydroxylation sites is 1. The second kappa shape index (κ2) is 3.70. The standard InChI is InChI=1S/C12H12ClNO/c1-8(13)12(15)10-7-14(2)11-6-4-3-5-9(10)11/h3-8H,1-2H3. The Bertz CT molecular complexity index is 513. The van der Waals surface area contributed by atoms with Gasteiger partial charge in [-0.25, -0.2) is 0 Å². The molecule has 0 aliphatic rings. The second-order valence-electron chi connectivity index (χ2n) is 3.65. The molecular formula is C12H12ClNO. The van der Waals surface area contributed by atoms with Gasteiger partial charge in [-0.3, -0.25) is 4.79 Å². The summed E-state index contributed by atoms with van der Waals surface area (Å²) >= 11 is 5.81. The lowest BCUT2D eigenvalue weighted by Crippen LogP contribution is -2.09. The number of aromatic nitrogens is 1. The van der Waals surface area contributed by atoms with Crippen LogP contribution in [0.5, 0.6) is 0 Å². The summed E-state index contributed by atoms with van der Waals surface area (Å²) < 4.78 is 1.95. The molecule has 15 heavy (non-hydrogen) atoms. The number of rotatable bonds is 2. The Morgan fingerprint density at radius 2 is 2.07 bits per heavy atom. The van der Waals surface area contributed by atoms with Crippen molar-refractivity contribution in [1.29, 1.82) is 0 Å². The average Bonchev–Trinajstić information content (AvgIpc) is 2.56. The van der Waals surface area contributed by atoms with Crippen LogP contribution in [-0.4, -0.2) is 15.7 Å². The van der Waals surface area contributed by atoms with Gasteiger partial charge < -0.3 is 4.57 Å². The summed E-state index contributed by atoms with van der Waals surface area (Å²) in [6, 6.07) is 7.82. The number of alkyl halides is 1. The topological polar surface area (TPSA) is 22.0 Å². The van der Waals surface area contributed by atoms with Gasteiger partial charge in [-0.2, -0.15) is 0 Å². The van der Waals surface area contributed by atoms with E-state index in [4.69, 9.17) is 11.6 Å². The number of Topliss-reactive ketones (excluding diaryl/α,β-unsaturated/α-hetero) is 1. The van der Waals surface area contributed by atoms with Crippen molar-refractivity contribution in [3.05, 3.63) is 36.0 Å². The van der Waals surface area contributed by atoms with Gasteiger partial charge in [-0.1, -0.05) is 18.2 Å². The Morgan fingerprint density at radius 1 is 1.40 bits per heavy atom.